The number of hydrogen-bond acceptors (Lipinski definition) is 4. The lowest BCUT2D eigenvalue weighted by Gasteiger charge is -2.03. The molecule has 5 heteroatoms. The van der Waals surface area contributed by atoms with E-state index in [1.165, 1.54) is 6.08 Å². The number of carbonyl (C=O) groups is 1. The van der Waals surface area contributed by atoms with Crippen LogP contribution >= 0.6 is 0 Å². The highest BCUT2D eigenvalue weighted by atomic mass is 16.5. The van der Waals surface area contributed by atoms with Gasteiger partial charge >= 0.3 is 5.97 Å². The SMILES string of the molecule is N=C(N)c1ccc(OC(=O)C=Cc2ccccc2CO)cc1. The van der Waals surface area contributed by atoms with Crippen LogP contribution in [0.2, 0.25) is 0 Å². The molecule has 0 aliphatic carbocycles. The van der Waals surface area contributed by atoms with E-state index < -0.39 is 5.97 Å². The highest BCUT2D eigenvalue weighted by Crippen LogP contribution is 2.14. The Morgan fingerprint density at radius 3 is 2.50 bits per heavy atom. The van der Waals surface area contributed by atoms with Crippen molar-refractivity contribution in [1.29, 1.82) is 5.41 Å². The van der Waals surface area contributed by atoms with E-state index in [-0.39, 0.29) is 12.4 Å². The van der Waals surface area contributed by atoms with Gasteiger partial charge in [-0.05, 0) is 41.5 Å². The third kappa shape index (κ3) is 4.04. The number of amidine groups is 1. The Bertz CT molecular complexity index is 706. The van der Waals surface area contributed by atoms with E-state index in [0.29, 0.717) is 11.3 Å². The van der Waals surface area contributed by atoms with Crippen molar-refractivity contribution in [2.24, 2.45) is 5.73 Å². The predicted molar refractivity (Wildman–Crippen MR) is 84.5 cm³/mol. The van der Waals surface area contributed by atoms with E-state index in [1.807, 2.05) is 12.1 Å². The number of rotatable bonds is 5. The average molecular weight is 296 g/mol. The third-order valence-electron chi connectivity index (χ3n) is 3.01. The molecule has 0 unspecified atom stereocenters. The molecule has 0 spiro atoms. The Kier molecular flexibility index (Phi) is 5.06. The molecule has 0 bridgehead atoms. The largest absolute Gasteiger partial charge is 0.423 e. The lowest BCUT2D eigenvalue weighted by molar-refractivity contribution is -0.128. The second-order valence-corrected chi connectivity index (χ2v) is 4.55. The van der Waals surface area contributed by atoms with Gasteiger partial charge in [0, 0.05) is 11.6 Å². The van der Waals surface area contributed by atoms with Crippen molar-refractivity contribution in [3.8, 4) is 5.75 Å². The van der Waals surface area contributed by atoms with E-state index >= 15 is 0 Å². The predicted octanol–water partition coefficient (Wildman–Crippen LogP) is 2.08. The van der Waals surface area contributed by atoms with Gasteiger partial charge in [-0.15, -0.1) is 0 Å². The molecule has 2 rings (SSSR count). The molecule has 0 radical (unpaired) electrons. The molecule has 22 heavy (non-hydrogen) atoms. The Labute approximate surface area is 128 Å². The van der Waals surface area contributed by atoms with Gasteiger partial charge in [0.2, 0.25) is 0 Å². The van der Waals surface area contributed by atoms with Crippen LogP contribution in [0.1, 0.15) is 16.7 Å². The zero-order valence-corrected chi connectivity index (χ0v) is 11.8. The molecular formula is C17H16N2O3. The number of benzene rings is 2. The second-order valence-electron chi connectivity index (χ2n) is 4.55. The Morgan fingerprint density at radius 2 is 1.86 bits per heavy atom. The fourth-order valence-electron chi connectivity index (χ4n) is 1.85. The number of ether oxygens (including phenoxy) is 1. The Hall–Kier alpha value is -2.92. The fraction of sp³-hybridized carbons (Fsp3) is 0.0588. The van der Waals surface area contributed by atoms with Crippen molar-refractivity contribution in [3.05, 3.63) is 71.3 Å². The van der Waals surface area contributed by atoms with Crippen LogP contribution in [-0.2, 0) is 11.4 Å². The summed E-state index contributed by atoms with van der Waals surface area (Å²) in [7, 11) is 0. The molecular weight excluding hydrogens is 280 g/mol. The maximum atomic E-state index is 11.8. The van der Waals surface area contributed by atoms with E-state index in [0.717, 1.165) is 11.1 Å². The van der Waals surface area contributed by atoms with Crippen LogP contribution in [0, 0.1) is 5.41 Å². The first-order chi connectivity index (χ1) is 10.6. The van der Waals surface area contributed by atoms with Crippen LogP contribution in [0.3, 0.4) is 0 Å². The monoisotopic (exact) mass is 296 g/mol. The number of carbonyl (C=O) groups excluding carboxylic acids is 1. The van der Waals surface area contributed by atoms with Crippen molar-refractivity contribution in [2.75, 3.05) is 0 Å². The highest BCUT2D eigenvalue weighted by Gasteiger charge is 2.03. The third-order valence-corrected chi connectivity index (χ3v) is 3.01. The van der Waals surface area contributed by atoms with Crippen LogP contribution in [-0.4, -0.2) is 16.9 Å². The Balaban J connectivity index is 2.03. The molecule has 0 amide bonds. The smallest absolute Gasteiger partial charge is 0.336 e. The molecule has 0 aliphatic heterocycles. The van der Waals surface area contributed by atoms with Crippen LogP contribution in [0.5, 0.6) is 5.75 Å². The first-order valence-electron chi connectivity index (χ1n) is 6.63. The van der Waals surface area contributed by atoms with Gasteiger partial charge in [-0.25, -0.2) is 4.79 Å². The van der Waals surface area contributed by atoms with E-state index in [4.69, 9.17) is 15.9 Å². The summed E-state index contributed by atoms with van der Waals surface area (Å²) < 4.78 is 5.14. The minimum absolute atomic E-state index is 0.0432. The van der Waals surface area contributed by atoms with Crippen molar-refractivity contribution in [2.45, 2.75) is 6.61 Å². The second kappa shape index (κ2) is 7.19. The van der Waals surface area contributed by atoms with E-state index in [1.54, 1.807) is 42.5 Å². The minimum atomic E-state index is -0.525. The molecule has 0 aromatic heterocycles. The number of nitrogens with two attached hydrogens (primary N) is 1. The number of nitrogen functional groups attached to an aromatic ring is 1. The fourth-order valence-corrected chi connectivity index (χ4v) is 1.85. The van der Waals surface area contributed by atoms with E-state index in [9.17, 15) is 9.90 Å². The molecule has 5 nitrogen and oxygen atoms in total. The van der Waals surface area contributed by atoms with Crippen LogP contribution in [0.25, 0.3) is 6.08 Å². The molecule has 4 N–H and O–H groups in total. The quantitative estimate of drug-likeness (QED) is 0.259. The topological polar surface area (TPSA) is 96.4 Å². The van der Waals surface area contributed by atoms with Gasteiger partial charge in [-0.3, -0.25) is 5.41 Å². The van der Waals surface area contributed by atoms with Gasteiger partial charge in [0.15, 0.2) is 0 Å². The standard InChI is InChI=1S/C17H16N2O3/c18-17(19)13-5-8-15(9-6-13)22-16(21)10-7-12-3-1-2-4-14(12)11-20/h1-10,20H,11H2,(H3,18,19). The normalized spacial score (nSPS) is 10.6. The molecule has 0 heterocycles. The molecule has 0 fully saturated rings. The molecule has 0 atom stereocenters. The number of nitrogens with one attached hydrogen (secondary N) is 1. The van der Waals surface area contributed by atoms with Crippen molar-refractivity contribution < 1.29 is 14.6 Å². The zero-order chi connectivity index (χ0) is 15.9. The molecule has 2 aromatic carbocycles. The highest BCUT2D eigenvalue weighted by molar-refractivity contribution is 5.95. The first kappa shape index (κ1) is 15.5. The first-order valence-corrected chi connectivity index (χ1v) is 6.63. The molecule has 0 saturated carbocycles. The Morgan fingerprint density at radius 1 is 1.18 bits per heavy atom. The summed E-state index contributed by atoms with van der Waals surface area (Å²) in [6, 6.07) is 13.6. The molecule has 112 valence electrons. The summed E-state index contributed by atoms with van der Waals surface area (Å²) in [5.74, 6) is -0.197. The minimum Gasteiger partial charge on any atom is -0.423 e. The number of aliphatic hydroxyl groups is 1. The van der Waals surface area contributed by atoms with Gasteiger partial charge < -0.3 is 15.6 Å². The number of hydrogen-bond donors (Lipinski definition) is 3. The van der Waals surface area contributed by atoms with Gasteiger partial charge in [-0.1, -0.05) is 24.3 Å². The van der Waals surface area contributed by atoms with Crippen molar-refractivity contribution >= 4 is 17.9 Å². The van der Waals surface area contributed by atoms with Crippen molar-refractivity contribution in [1.82, 2.24) is 0 Å². The molecule has 2 aromatic rings. The van der Waals surface area contributed by atoms with Gasteiger partial charge in [0.25, 0.3) is 0 Å². The lowest BCUT2D eigenvalue weighted by Crippen LogP contribution is -2.11. The number of esters is 1. The zero-order valence-electron chi connectivity index (χ0n) is 11.8. The van der Waals surface area contributed by atoms with E-state index in [2.05, 4.69) is 0 Å². The molecule has 0 saturated heterocycles. The summed E-state index contributed by atoms with van der Waals surface area (Å²) in [6.07, 6.45) is 2.89. The summed E-state index contributed by atoms with van der Waals surface area (Å²) >= 11 is 0. The summed E-state index contributed by atoms with van der Waals surface area (Å²) in [5.41, 5.74) is 7.40. The maximum absolute atomic E-state index is 11.8. The van der Waals surface area contributed by atoms with Gasteiger partial charge in [-0.2, -0.15) is 0 Å². The summed E-state index contributed by atoms with van der Waals surface area (Å²) in [5, 5.41) is 16.5. The van der Waals surface area contributed by atoms with Crippen LogP contribution in [0.4, 0.5) is 0 Å². The average Bonchev–Trinajstić information content (AvgIpc) is 2.53. The van der Waals surface area contributed by atoms with Crippen LogP contribution < -0.4 is 10.5 Å². The van der Waals surface area contributed by atoms with Gasteiger partial charge in [0.1, 0.15) is 11.6 Å². The van der Waals surface area contributed by atoms with Crippen molar-refractivity contribution in [3.63, 3.8) is 0 Å². The molecule has 0 aliphatic rings. The summed E-state index contributed by atoms with van der Waals surface area (Å²) in [6.45, 7) is -0.0952. The summed E-state index contributed by atoms with van der Waals surface area (Å²) in [4.78, 5) is 11.8. The lowest BCUT2D eigenvalue weighted by atomic mass is 10.1. The number of aliphatic hydroxyl groups excluding tert-OH is 1. The van der Waals surface area contributed by atoms with Gasteiger partial charge in [0.05, 0.1) is 6.61 Å². The maximum Gasteiger partial charge on any atom is 0.336 e. The van der Waals surface area contributed by atoms with Crippen LogP contribution in [0.15, 0.2) is 54.6 Å².